The molecule has 0 aromatic carbocycles. The van der Waals surface area contributed by atoms with E-state index in [0.29, 0.717) is 30.9 Å². The summed E-state index contributed by atoms with van der Waals surface area (Å²) in [5, 5.41) is 12.1. The Hall–Kier alpha value is -1.35. The molecule has 0 saturated carbocycles. The Morgan fingerprint density at radius 3 is 2.47 bits per heavy atom. The van der Waals surface area contributed by atoms with Crippen LogP contribution in [-0.4, -0.2) is 54.9 Å². The second-order valence-electron chi connectivity index (χ2n) is 15.5. The summed E-state index contributed by atoms with van der Waals surface area (Å²) in [5.41, 5.74) is 1.37. The Balaban J connectivity index is 2.04. The van der Waals surface area contributed by atoms with Gasteiger partial charge in [0, 0.05) is 17.1 Å². The standard InChI is InChI=1S/C37H62ClNO5Si/c1-13-29(34(41)36(7,8)32-22-24-42-37(9,10)43-32)33(40)27(3)18-16-17-26(2)20-21-31(44-45(11,12)35(4,5)6)30(38)25-28-19-14-15-23-39-28/h14-15,19-20,23,25,27,29,31-33,40H,13,16-18,21-22,24H2,1-12H3/t27-,29?,31-,32-,33-/m0/s1. The average molecular weight is 664 g/mol. The van der Waals surface area contributed by atoms with E-state index in [0.717, 1.165) is 25.0 Å². The number of rotatable bonds is 16. The molecule has 256 valence electrons. The van der Waals surface area contributed by atoms with Gasteiger partial charge in [-0.2, -0.15) is 0 Å². The Labute approximate surface area is 280 Å². The van der Waals surface area contributed by atoms with E-state index in [-0.39, 0.29) is 28.9 Å². The number of halogens is 1. The van der Waals surface area contributed by atoms with Crippen molar-refractivity contribution in [2.45, 2.75) is 150 Å². The van der Waals surface area contributed by atoms with Crippen LogP contribution in [0.25, 0.3) is 6.08 Å². The van der Waals surface area contributed by atoms with E-state index in [4.69, 9.17) is 25.5 Å². The second kappa shape index (κ2) is 16.7. The summed E-state index contributed by atoms with van der Waals surface area (Å²) in [6.07, 6.45) is 9.36. The number of carbonyl (C=O) groups is 1. The molecular formula is C37H62ClNO5Si. The Morgan fingerprint density at radius 2 is 1.91 bits per heavy atom. The van der Waals surface area contributed by atoms with Gasteiger partial charge in [0.1, 0.15) is 5.78 Å². The molecule has 5 atom stereocenters. The molecule has 0 bridgehead atoms. The van der Waals surface area contributed by atoms with Crippen LogP contribution >= 0.6 is 11.6 Å². The number of ether oxygens (including phenoxy) is 2. The first-order valence-corrected chi connectivity index (χ1v) is 20.2. The Morgan fingerprint density at radius 1 is 1.24 bits per heavy atom. The summed E-state index contributed by atoms with van der Waals surface area (Å²) in [6.45, 7) is 25.7. The van der Waals surface area contributed by atoms with Crippen LogP contribution < -0.4 is 0 Å². The van der Waals surface area contributed by atoms with Crippen molar-refractivity contribution >= 4 is 31.8 Å². The normalized spacial score (nSPS) is 21.2. The van der Waals surface area contributed by atoms with Gasteiger partial charge < -0.3 is 19.0 Å². The molecule has 0 amide bonds. The van der Waals surface area contributed by atoms with E-state index in [1.54, 1.807) is 6.20 Å². The molecule has 0 spiro atoms. The predicted molar refractivity (Wildman–Crippen MR) is 190 cm³/mol. The number of pyridine rings is 1. The van der Waals surface area contributed by atoms with Gasteiger partial charge in [-0.05, 0) is 102 Å². The second-order valence-corrected chi connectivity index (χ2v) is 20.7. The molecule has 0 radical (unpaired) electrons. The number of carbonyl (C=O) groups excluding carboxylic acids is 1. The fourth-order valence-corrected chi connectivity index (χ4v) is 7.31. The van der Waals surface area contributed by atoms with Gasteiger partial charge in [-0.15, -0.1) is 0 Å². The van der Waals surface area contributed by atoms with Gasteiger partial charge >= 0.3 is 0 Å². The zero-order valence-electron chi connectivity index (χ0n) is 30.2. The molecule has 1 aliphatic rings. The van der Waals surface area contributed by atoms with E-state index in [2.05, 4.69) is 58.8 Å². The van der Waals surface area contributed by atoms with Crippen molar-refractivity contribution in [3.8, 4) is 0 Å². The molecule has 1 unspecified atom stereocenters. The van der Waals surface area contributed by atoms with Crippen molar-refractivity contribution in [2.75, 3.05) is 6.61 Å². The number of nitrogens with zero attached hydrogens (tertiary/aromatic N) is 1. The fraction of sp³-hybridized carbons (Fsp3) is 0.730. The third-order valence-electron chi connectivity index (χ3n) is 9.90. The Kier molecular flexibility index (Phi) is 14.7. The lowest BCUT2D eigenvalue weighted by molar-refractivity contribution is -0.289. The number of Topliss-reactive ketones (excluding diaryl/α,β-unsaturated/α-hetero) is 1. The number of hydrogen-bond acceptors (Lipinski definition) is 6. The van der Waals surface area contributed by atoms with Crippen molar-refractivity contribution in [3.63, 3.8) is 0 Å². The van der Waals surface area contributed by atoms with Gasteiger partial charge in [0.05, 0.1) is 36.0 Å². The van der Waals surface area contributed by atoms with Crippen LogP contribution in [0, 0.1) is 17.3 Å². The van der Waals surface area contributed by atoms with E-state index < -0.39 is 31.5 Å². The quantitative estimate of drug-likeness (QED) is 0.140. The lowest BCUT2D eigenvalue weighted by atomic mass is 9.71. The highest BCUT2D eigenvalue weighted by atomic mass is 35.5. The van der Waals surface area contributed by atoms with Gasteiger partial charge in [-0.25, -0.2) is 0 Å². The highest BCUT2D eigenvalue weighted by molar-refractivity contribution is 6.74. The first kappa shape index (κ1) is 39.8. The minimum Gasteiger partial charge on any atom is -0.409 e. The van der Waals surface area contributed by atoms with Crippen molar-refractivity contribution < 1.29 is 23.8 Å². The molecule has 1 fully saturated rings. The third-order valence-corrected chi connectivity index (χ3v) is 14.7. The van der Waals surface area contributed by atoms with Gasteiger partial charge in [-0.3, -0.25) is 9.78 Å². The highest BCUT2D eigenvalue weighted by Crippen LogP contribution is 2.40. The molecule has 8 heteroatoms. The molecule has 2 rings (SSSR count). The summed E-state index contributed by atoms with van der Waals surface area (Å²) in [4.78, 5) is 18.2. The topological polar surface area (TPSA) is 77.9 Å². The molecular weight excluding hydrogens is 602 g/mol. The SMILES string of the molecule is CCC(C(=O)C(C)(C)[C@@H]1CCOC(C)(C)O1)[C@@H](O)[C@@H](C)CCCC(C)=CC[C@H](O[Si](C)(C)C(C)(C)C)C(Cl)=Cc1ccccn1. The van der Waals surface area contributed by atoms with Crippen molar-refractivity contribution in [1.29, 1.82) is 0 Å². The van der Waals surface area contributed by atoms with E-state index in [9.17, 15) is 9.90 Å². The van der Waals surface area contributed by atoms with Gasteiger partial charge in [0.25, 0.3) is 0 Å². The third kappa shape index (κ3) is 11.7. The van der Waals surface area contributed by atoms with Crippen LogP contribution in [-0.2, 0) is 18.7 Å². The Bertz CT molecular complexity index is 1140. The maximum absolute atomic E-state index is 13.8. The van der Waals surface area contributed by atoms with E-state index >= 15 is 0 Å². The van der Waals surface area contributed by atoms with Crippen LogP contribution in [0.1, 0.15) is 113 Å². The molecule has 2 heterocycles. The molecule has 45 heavy (non-hydrogen) atoms. The lowest BCUT2D eigenvalue weighted by Gasteiger charge is -2.44. The minimum absolute atomic E-state index is 0.0000321. The minimum atomic E-state index is -2.07. The van der Waals surface area contributed by atoms with Gasteiger partial charge in [0.15, 0.2) is 14.1 Å². The summed E-state index contributed by atoms with van der Waals surface area (Å²) in [7, 11) is -2.07. The predicted octanol–water partition coefficient (Wildman–Crippen LogP) is 9.72. The lowest BCUT2D eigenvalue weighted by Crippen LogP contribution is -2.52. The average Bonchev–Trinajstić information content (AvgIpc) is 2.94. The maximum atomic E-state index is 13.8. The van der Waals surface area contributed by atoms with Crippen molar-refractivity contribution in [1.82, 2.24) is 4.98 Å². The summed E-state index contributed by atoms with van der Waals surface area (Å²) in [6, 6.07) is 5.79. The van der Waals surface area contributed by atoms with Crippen LogP contribution in [0.15, 0.2) is 41.1 Å². The van der Waals surface area contributed by atoms with E-state index in [1.165, 1.54) is 5.57 Å². The van der Waals surface area contributed by atoms with Crippen LogP contribution in [0.2, 0.25) is 18.1 Å². The van der Waals surface area contributed by atoms with Crippen LogP contribution in [0.4, 0.5) is 0 Å². The number of allylic oxidation sites excluding steroid dienone is 1. The monoisotopic (exact) mass is 663 g/mol. The molecule has 1 aromatic heterocycles. The smallest absolute Gasteiger partial charge is 0.192 e. The number of hydrogen-bond donors (Lipinski definition) is 1. The van der Waals surface area contributed by atoms with Crippen molar-refractivity contribution in [2.24, 2.45) is 17.3 Å². The molecule has 6 nitrogen and oxygen atoms in total. The molecule has 1 saturated heterocycles. The zero-order chi connectivity index (χ0) is 34.2. The fourth-order valence-electron chi connectivity index (χ4n) is 5.70. The van der Waals surface area contributed by atoms with Gasteiger partial charge in [-0.1, -0.05) is 77.8 Å². The first-order valence-electron chi connectivity index (χ1n) is 16.9. The number of aromatic nitrogens is 1. The van der Waals surface area contributed by atoms with Crippen molar-refractivity contribution in [3.05, 3.63) is 46.8 Å². The summed E-state index contributed by atoms with van der Waals surface area (Å²) in [5.74, 6) is -1.06. The van der Waals surface area contributed by atoms with E-state index in [1.807, 2.05) is 58.9 Å². The number of ketones is 1. The zero-order valence-corrected chi connectivity index (χ0v) is 32.0. The number of aliphatic hydroxyl groups is 1. The van der Waals surface area contributed by atoms with Crippen LogP contribution in [0.5, 0.6) is 0 Å². The molecule has 1 N–H and O–H groups in total. The first-order chi connectivity index (χ1) is 20.7. The largest absolute Gasteiger partial charge is 0.409 e. The molecule has 1 aromatic rings. The molecule has 0 aliphatic carbocycles. The summed E-state index contributed by atoms with van der Waals surface area (Å²) >= 11 is 6.89. The maximum Gasteiger partial charge on any atom is 0.192 e. The summed E-state index contributed by atoms with van der Waals surface area (Å²) < 4.78 is 18.7. The number of aliphatic hydroxyl groups excluding tert-OH is 1. The van der Waals surface area contributed by atoms with Crippen LogP contribution in [0.3, 0.4) is 0 Å². The highest BCUT2D eigenvalue weighted by Gasteiger charge is 2.46. The molecule has 1 aliphatic heterocycles. The van der Waals surface area contributed by atoms with Gasteiger partial charge in [0.2, 0.25) is 0 Å².